The standard InChI is InChI=1S/C16H8O10/c1-4(17)25-26-12-8(19)3-6-10-9-5(16(22)24-14(10)12)2-7(18)11(20)13(9)23-15(6)21/h2-3,18-20H,1H3. The van der Waals surface area contributed by atoms with Crippen molar-refractivity contribution >= 4 is 38.7 Å². The van der Waals surface area contributed by atoms with E-state index in [0.29, 0.717) is 0 Å². The topological polar surface area (TPSA) is 157 Å². The van der Waals surface area contributed by atoms with Gasteiger partial charge in [0.2, 0.25) is 5.75 Å². The van der Waals surface area contributed by atoms with Crippen molar-refractivity contribution in [1.82, 2.24) is 0 Å². The molecule has 0 radical (unpaired) electrons. The summed E-state index contributed by atoms with van der Waals surface area (Å²) in [6.45, 7) is 1.04. The number of carbonyl (C=O) groups excluding carboxylic acids is 1. The molecule has 0 aliphatic heterocycles. The van der Waals surface area contributed by atoms with E-state index in [-0.39, 0.29) is 21.5 Å². The van der Waals surface area contributed by atoms with Gasteiger partial charge in [-0.05, 0) is 12.1 Å². The monoisotopic (exact) mass is 360 g/mol. The third-order valence-corrected chi connectivity index (χ3v) is 3.77. The zero-order valence-corrected chi connectivity index (χ0v) is 12.9. The smallest absolute Gasteiger partial charge is 0.352 e. The molecular weight excluding hydrogens is 352 g/mol. The predicted octanol–water partition coefficient (Wildman–Crippen LogP) is 1.46. The number of phenolic OH excluding ortho intramolecular Hbond substituents is 3. The Labute approximate surface area is 141 Å². The lowest BCUT2D eigenvalue weighted by atomic mass is 10.0. The van der Waals surface area contributed by atoms with Crippen LogP contribution in [0.25, 0.3) is 32.7 Å². The number of hydrogen-bond donors (Lipinski definition) is 3. The molecule has 10 heteroatoms. The van der Waals surface area contributed by atoms with Crippen LogP contribution in [0.4, 0.5) is 0 Å². The summed E-state index contributed by atoms with van der Waals surface area (Å²) < 4.78 is 10.1. The summed E-state index contributed by atoms with van der Waals surface area (Å²) >= 11 is 0. The van der Waals surface area contributed by atoms with Gasteiger partial charge in [0.1, 0.15) is 0 Å². The highest BCUT2D eigenvalue weighted by molar-refractivity contribution is 6.22. The van der Waals surface area contributed by atoms with Gasteiger partial charge in [0, 0.05) is 17.7 Å². The van der Waals surface area contributed by atoms with Crippen LogP contribution in [0.3, 0.4) is 0 Å². The van der Waals surface area contributed by atoms with Crippen molar-refractivity contribution in [3.8, 4) is 23.0 Å². The number of hydrogen-bond acceptors (Lipinski definition) is 10. The molecular formula is C16H8O10. The van der Waals surface area contributed by atoms with Gasteiger partial charge in [-0.2, -0.15) is 0 Å². The van der Waals surface area contributed by atoms with Crippen molar-refractivity contribution in [2.45, 2.75) is 6.92 Å². The molecule has 26 heavy (non-hydrogen) atoms. The third kappa shape index (κ3) is 1.95. The Kier molecular flexibility index (Phi) is 3.01. The molecule has 0 amide bonds. The maximum atomic E-state index is 12.3. The molecule has 0 aliphatic carbocycles. The van der Waals surface area contributed by atoms with E-state index in [9.17, 15) is 29.7 Å². The number of phenols is 3. The second kappa shape index (κ2) is 5.02. The molecule has 0 atom stereocenters. The molecule has 2 aromatic carbocycles. The molecule has 0 fully saturated rings. The minimum absolute atomic E-state index is 0.0268. The predicted molar refractivity (Wildman–Crippen MR) is 84.6 cm³/mol. The van der Waals surface area contributed by atoms with E-state index in [1.54, 1.807) is 0 Å². The number of benzene rings is 2. The Morgan fingerprint density at radius 2 is 1.46 bits per heavy atom. The quantitative estimate of drug-likeness (QED) is 0.157. The molecule has 10 nitrogen and oxygen atoms in total. The van der Waals surface area contributed by atoms with Crippen LogP contribution >= 0.6 is 0 Å². The number of rotatable bonds is 2. The zero-order chi connectivity index (χ0) is 18.7. The van der Waals surface area contributed by atoms with Crippen molar-refractivity contribution in [3.05, 3.63) is 33.0 Å². The summed E-state index contributed by atoms with van der Waals surface area (Å²) in [4.78, 5) is 44.5. The Morgan fingerprint density at radius 3 is 2.08 bits per heavy atom. The molecule has 0 saturated carbocycles. The van der Waals surface area contributed by atoms with Crippen LogP contribution in [-0.4, -0.2) is 21.3 Å². The van der Waals surface area contributed by atoms with Crippen LogP contribution in [-0.2, 0) is 9.68 Å². The van der Waals surface area contributed by atoms with Crippen LogP contribution in [0.15, 0.2) is 30.6 Å². The average Bonchev–Trinajstić information content (AvgIpc) is 2.57. The second-order valence-electron chi connectivity index (χ2n) is 5.41. The fourth-order valence-electron chi connectivity index (χ4n) is 2.75. The number of aromatic hydroxyl groups is 3. The summed E-state index contributed by atoms with van der Waals surface area (Å²) in [5.41, 5.74) is -2.81. The molecule has 0 unspecified atom stereocenters. The van der Waals surface area contributed by atoms with Crippen molar-refractivity contribution < 1.29 is 38.7 Å². The lowest BCUT2D eigenvalue weighted by molar-refractivity contribution is -0.210. The molecule has 0 aliphatic rings. The molecule has 2 aromatic heterocycles. The van der Waals surface area contributed by atoms with E-state index < -0.39 is 51.4 Å². The molecule has 132 valence electrons. The fourth-order valence-corrected chi connectivity index (χ4v) is 2.75. The highest BCUT2D eigenvalue weighted by Crippen LogP contribution is 2.44. The Bertz CT molecular complexity index is 1330. The average molecular weight is 360 g/mol. The normalized spacial score (nSPS) is 11.4. The molecule has 2 heterocycles. The molecule has 4 aromatic rings. The molecule has 3 N–H and O–H groups in total. The van der Waals surface area contributed by atoms with Crippen LogP contribution in [0.1, 0.15) is 6.92 Å². The third-order valence-electron chi connectivity index (χ3n) is 3.77. The van der Waals surface area contributed by atoms with Crippen LogP contribution in [0, 0.1) is 0 Å². The first-order valence-corrected chi connectivity index (χ1v) is 7.08. The first-order chi connectivity index (χ1) is 12.3. The lowest BCUT2D eigenvalue weighted by Crippen LogP contribution is -2.09. The maximum Gasteiger partial charge on any atom is 0.352 e. The van der Waals surface area contributed by atoms with Gasteiger partial charge in [-0.25, -0.2) is 14.4 Å². The van der Waals surface area contributed by atoms with Crippen molar-refractivity contribution in [3.63, 3.8) is 0 Å². The summed E-state index contributed by atoms with van der Waals surface area (Å²) in [5.74, 6) is -3.46. The van der Waals surface area contributed by atoms with E-state index in [1.165, 1.54) is 0 Å². The first kappa shape index (κ1) is 15.6. The van der Waals surface area contributed by atoms with Crippen molar-refractivity contribution in [2.75, 3.05) is 0 Å². The second-order valence-corrected chi connectivity index (χ2v) is 5.41. The van der Waals surface area contributed by atoms with E-state index in [2.05, 4.69) is 4.89 Å². The largest absolute Gasteiger partial charge is 0.504 e. The summed E-state index contributed by atoms with van der Waals surface area (Å²) in [6, 6.07) is 1.91. The molecule has 0 bridgehead atoms. The Hall–Kier alpha value is -3.95. The Morgan fingerprint density at radius 1 is 0.923 bits per heavy atom. The number of carbonyl (C=O) groups is 1. The highest BCUT2D eigenvalue weighted by Gasteiger charge is 2.26. The van der Waals surface area contributed by atoms with Gasteiger partial charge in [0.15, 0.2) is 22.7 Å². The molecule has 4 rings (SSSR count). The SMILES string of the molecule is CC(=O)OOc1c(O)cc2c(=O)oc3c(O)c(O)cc4c(=O)oc1c2c34. The van der Waals surface area contributed by atoms with Crippen LogP contribution in [0.5, 0.6) is 23.0 Å². The molecule has 0 saturated heterocycles. The van der Waals surface area contributed by atoms with Gasteiger partial charge in [-0.1, -0.05) is 0 Å². The van der Waals surface area contributed by atoms with Gasteiger partial charge >= 0.3 is 17.2 Å². The summed E-state index contributed by atoms with van der Waals surface area (Å²) in [6.07, 6.45) is 0. The van der Waals surface area contributed by atoms with E-state index in [1.807, 2.05) is 0 Å². The van der Waals surface area contributed by atoms with Crippen LogP contribution < -0.4 is 16.1 Å². The van der Waals surface area contributed by atoms with Gasteiger partial charge < -0.3 is 24.2 Å². The van der Waals surface area contributed by atoms with Gasteiger partial charge in [-0.3, -0.25) is 9.78 Å². The van der Waals surface area contributed by atoms with Crippen LogP contribution in [0.2, 0.25) is 0 Å². The Balaban J connectivity index is 2.29. The minimum Gasteiger partial charge on any atom is -0.504 e. The van der Waals surface area contributed by atoms with E-state index in [0.717, 1.165) is 19.1 Å². The maximum absolute atomic E-state index is 12.3. The summed E-state index contributed by atoms with van der Waals surface area (Å²) in [7, 11) is 0. The molecule has 0 spiro atoms. The highest BCUT2D eigenvalue weighted by atomic mass is 17.2. The van der Waals surface area contributed by atoms with Gasteiger partial charge in [0.25, 0.3) is 5.75 Å². The summed E-state index contributed by atoms with van der Waals surface area (Å²) in [5, 5.41) is 29.4. The first-order valence-electron chi connectivity index (χ1n) is 7.08. The zero-order valence-electron chi connectivity index (χ0n) is 12.9. The minimum atomic E-state index is -0.980. The van der Waals surface area contributed by atoms with Gasteiger partial charge in [-0.15, -0.1) is 0 Å². The lowest BCUT2D eigenvalue weighted by Gasteiger charge is -2.12. The van der Waals surface area contributed by atoms with Gasteiger partial charge in [0.05, 0.1) is 10.8 Å². The van der Waals surface area contributed by atoms with E-state index >= 15 is 0 Å². The van der Waals surface area contributed by atoms with E-state index in [4.69, 9.17) is 13.7 Å². The van der Waals surface area contributed by atoms with Crippen molar-refractivity contribution in [1.29, 1.82) is 0 Å². The fraction of sp³-hybridized carbons (Fsp3) is 0.0625. The van der Waals surface area contributed by atoms with Crippen molar-refractivity contribution in [2.24, 2.45) is 0 Å².